The second-order valence-electron chi connectivity index (χ2n) is 10.7. The molecule has 1 aromatic carbocycles. The minimum atomic E-state index is -2.74. The summed E-state index contributed by atoms with van der Waals surface area (Å²) < 4.78 is 35.1. The van der Waals surface area contributed by atoms with E-state index in [9.17, 15) is 8.78 Å². The van der Waals surface area contributed by atoms with Crippen molar-refractivity contribution in [1.29, 1.82) is 0 Å². The maximum absolute atomic E-state index is 14.1. The Balaban J connectivity index is 1.59. The van der Waals surface area contributed by atoms with Crippen LogP contribution in [-0.4, -0.2) is 62.9 Å². The first-order valence-electron chi connectivity index (χ1n) is 12.1. The second-order valence-corrected chi connectivity index (χ2v) is 10.7. The summed E-state index contributed by atoms with van der Waals surface area (Å²) in [5.41, 5.74) is 0.969. The zero-order chi connectivity index (χ0) is 24.8. The second kappa shape index (κ2) is 8.98. The Hall–Kier alpha value is -2.85. The van der Waals surface area contributed by atoms with Gasteiger partial charge in [-0.1, -0.05) is 12.1 Å². The van der Waals surface area contributed by atoms with E-state index in [0.29, 0.717) is 54.9 Å². The molecule has 2 aliphatic heterocycles. The van der Waals surface area contributed by atoms with Crippen molar-refractivity contribution in [2.75, 3.05) is 36.5 Å². The van der Waals surface area contributed by atoms with Crippen molar-refractivity contribution in [1.82, 2.24) is 24.8 Å². The average molecular weight is 486 g/mol. The molecule has 0 aliphatic carbocycles. The van der Waals surface area contributed by atoms with Gasteiger partial charge in [0.25, 0.3) is 6.43 Å². The molecule has 2 fully saturated rings. The lowest BCUT2D eigenvalue weighted by Gasteiger charge is -2.46. The number of hydrogen-bond acceptors (Lipinski definition) is 7. The number of nitrogens with one attached hydrogen (secondary N) is 2. The van der Waals surface area contributed by atoms with Gasteiger partial charge in [-0.05, 0) is 52.7 Å². The van der Waals surface area contributed by atoms with Gasteiger partial charge in [0.05, 0.1) is 24.2 Å². The minimum absolute atomic E-state index is 0.0620. The molecule has 0 unspecified atom stereocenters. The molecule has 0 saturated carbocycles. The number of rotatable bonds is 5. The van der Waals surface area contributed by atoms with E-state index in [2.05, 4.69) is 48.2 Å². The van der Waals surface area contributed by atoms with Crippen molar-refractivity contribution < 1.29 is 13.5 Å². The summed E-state index contributed by atoms with van der Waals surface area (Å²) in [5.74, 6) is 1.17. The highest BCUT2D eigenvalue weighted by Crippen LogP contribution is 2.32. The summed E-state index contributed by atoms with van der Waals surface area (Å²) in [7, 11) is 0. The van der Waals surface area contributed by atoms with Gasteiger partial charge >= 0.3 is 0 Å². The van der Waals surface area contributed by atoms with E-state index in [0.717, 1.165) is 12.8 Å². The lowest BCUT2D eigenvalue weighted by atomic mass is 9.80. The molecule has 2 saturated heterocycles. The van der Waals surface area contributed by atoms with Crippen molar-refractivity contribution in [3.8, 4) is 5.82 Å². The average Bonchev–Trinajstić information content (AvgIpc) is 3.17. The monoisotopic (exact) mass is 485 g/mol. The molecule has 0 atom stereocenters. The third-order valence-corrected chi connectivity index (χ3v) is 6.57. The van der Waals surface area contributed by atoms with Crippen LogP contribution >= 0.6 is 0 Å². The highest BCUT2D eigenvalue weighted by molar-refractivity contribution is 5.78. The van der Waals surface area contributed by atoms with Crippen molar-refractivity contribution in [2.24, 2.45) is 0 Å². The van der Waals surface area contributed by atoms with Gasteiger partial charge in [0, 0.05) is 36.3 Å². The molecule has 2 aliphatic rings. The van der Waals surface area contributed by atoms with E-state index >= 15 is 0 Å². The lowest BCUT2D eigenvalue weighted by molar-refractivity contribution is 0.122. The van der Waals surface area contributed by atoms with E-state index in [-0.39, 0.29) is 22.9 Å². The van der Waals surface area contributed by atoms with Gasteiger partial charge in [-0.3, -0.25) is 4.57 Å². The van der Waals surface area contributed by atoms with Crippen molar-refractivity contribution in [2.45, 2.75) is 64.1 Å². The number of fused-ring (bicyclic) bond motifs is 1. The summed E-state index contributed by atoms with van der Waals surface area (Å²) in [6.07, 6.45) is -0.980. The quantitative estimate of drug-likeness (QED) is 0.557. The first-order valence-corrected chi connectivity index (χ1v) is 12.1. The number of hydrogen-bond donors (Lipinski definition) is 2. The molecule has 4 heterocycles. The highest BCUT2D eigenvalue weighted by atomic mass is 19.3. The number of nitrogens with zero attached hydrogens (tertiary/aromatic N) is 5. The van der Waals surface area contributed by atoms with Gasteiger partial charge in [0.2, 0.25) is 5.95 Å². The maximum atomic E-state index is 14.1. The van der Waals surface area contributed by atoms with Crippen LogP contribution in [0.4, 0.5) is 20.5 Å². The Bertz CT molecular complexity index is 1190. The van der Waals surface area contributed by atoms with E-state index in [1.807, 2.05) is 6.07 Å². The first-order chi connectivity index (χ1) is 16.6. The third kappa shape index (κ3) is 5.08. The van der Waals surface area contributed by atoms with E-state index < -0.39 is 6.43 Å². The molecule has 0 bridgehead atoms. The molecule has 8 nitrogen and oxygen atoms in total. The van der Waals surface area contributed by atoms with Crippen LogP contribution in [0.2, 0.25) is 0 Å². The van der Waals surface area contributed by atoms with Gasteiger partial charge in [-0.2, -0.15) is 9.97 Å². The summed E-state index contributed by atoms with van der Waals surface area (Å²) in [6.45, 7) is 11.3. The molecule has 2 N–H and O–H groups in total. The topological polar surface area (TPSA) is 80.1 Å². The van der Waals surface area contributed by atoms with E-state index in [1.165, 1.54) is 4.57 Å². The van der Waals surface area contributed by atoms with Crippen LogP contribution in [0.5, 0.6) is 0 Å². The number of morpholine rings is 1. The Morgan fingerprint density at radius 1 is 1.00 bits per heavy atom. The molecule has 188 valence electrons. The number of aromatic nitrogens is 4. The maximum Gasteiger partial charge on any atom is 0.296 e. The van der Waals surface area contributed by atoms with Crippen LogP contribution in [0.25, 0.3) is 16.9 Å². The number of benzene rings is 1. The molecule has 35 heavy (non-hydrogen) atoms. The zero-order valence-electron chi connectivity index (χ0n) is 20.7. The summed E-state index contributed by atoms with van der Waals surface area (Å²) in [6, 6.07) is 9.03. The molecular weight excluding hydrogens is 452 g/mol. The molecule has 0 amide bonds. The number of anilines is 2. The van der Waals surface area contributed by atoms with Crippen LogP contribution in [0.1, 0.15) is 52.8 Å². The molecule has 10 heteroatoms. The van der Waals surface area contributed by atoms with Gasteiger partial charge in [0.15, 0.2) is 5.82 Å². The van der Waals surface area contributed by atoms with Crippen LogP contribution in [0, 0.1) is 0 Å². The van der Waals surface area contributed by atoms with Gasteiger partial charge in [-0.25, -0.2) is 13.8 Å². The largest absolute Gasteiger partial charge is 0.378 e. The van der Waals surface area contributed by atoms with Crippen molar-refractivity contribution >= 4 is 22.8 Å². The molecular formula is C25H33F2N7O. The SMILES string of the molecule is CC1(C)CC(Nc2nc(N3CCOCC3)cc(-n3c(C(F)F)nc4ccccc43)n2)CC(C)(C)N1. The molecule has 2 aromatic heterocycles. The lowest BCUT2D eigenvalue weighted by Crippen LogP contribution is -2.60. The number of ether oxygens (including phenoxy) is 1. The Morgan fingerprint density at radius 2 is 1.66 bits per heavy atom. The van der Waals surface area contributed by atoms with Crippen LogP contribution in [0.3, 0.4) is 0 Å². The van der Waals surface area contributed by atoms with E-state index in [1.54, 1.807) is 24.3 Å². The summed E-state index contributed by atoms with van der Waals surface area (Å²) in [4.78, 5) is 15.9. The number of para-hydroxylation sites is 2. The summed E-state index contributed by atoms with van der Waals surface area (Å²) in [5, 5.41) is 7.22. The van der Waals surface area contributed by atoms with Crippen LogP contribution in [-0.2, 0) is 4.74 Å². The standard InChI is InChI=1S/C25H33F2N7O/c1-24(2)14-16(15-25(3,4)32-24)28-23-30-19(33-9-11-35-12-10-33)13-20(31-23)34-18-8-6-5-7-17(18)29-22(34)21(26)27/h5-8,13,16,21,32H,9-12,14-15H2,1-4H3,(H,28,30,31). The normalized spacial score (nSPS) is 20.5. The third-order valence-electron chi connectivity index (χ3n) is 6.57. The number of halogens is 2. The van der Waals surface area contributed by atoms with Gasteiger partial charge in [0.1, 0.15) is 11.6 Å². The first kappa shape index (κ1) is 23.9. The van der Waals surface area contributed by atoms with Crippen LogP contribution < -0.4 is 15.5 Å². The van der Waals surface area contributed by atoms with Crippen LogP contribution in [0.15, 0.2) is 30.3 Å². The Kier molecular flexibility index (Phi) is 6.13. The fraction of sp³-hybridized carbons (Fsp3) is 0.560. The fourth-order valence-electron chi connectivity index (χ4n) is 5.59. The van der Waals surface area contributed by atoms with Gasteiger partial charge in [-0.15, -0.1) is 0 Å². The fourth-order valence-corrected chi connectivity index (χ4v) is 5.59. The van der Waals surface area contributed by atoms with E-state index in [4.69, 9.17) is 14.7 Å². The van der Waals surface area contributed by atoms with Gasteiger partial charge < -0.3 is 20.3 Å². The Labute approximate surface area is 204 Å². The molecule has 0 spiro atoms. The van der Waals surface area contributed by atoms with Crippen molar-refractivity contribution in [3.63, 3.8) is 0 Å². The summed E-state index contributed by atoms with van der Waals surface area (Å²) >= 11 is 0. The number of imidazole rings is 1. The molecule has 0 radical (unpaired) electrons. The molecule has 5 rings (SSSR count). The smallest absolute Gasteiger partial charge is 0.296 e. The predicted octanol–water partition coefficient (Wildman–Crippen LogP) is 4.31. The Morgan fingerprint density at radius 3 is 2.34 bits per heavy atom. The highest BCUT2D eigenvalue weighted by Gasteiger charge is 2.38. The number of alkyl halides is 2. The molecule has 3 aromatic rings. The van der Waals surface area contributed by atoms with Crippen molar-refractivity contribution in [3.05, 3.63) is 36.2 Å². The zero-order valence-corrected chi connectivity index (χ0v) is 20.7. The number of piperidine rings is 1. The minimum Gasteiger partial charge on any atom is -0.378 e. The predicted molar refractivity (Wildman–Crippen MR) is 133 cm³/mol.